The molecule has 6 heteroatoms. The highest BCUT2D eigenvalue weighted by atomic mass is 16.5. The monoisotopic (exact) mass is 258 g/mol. The van der Waals surface area contributed by atoms with Gasteiger partial charge in [-0.15, -0.1) is 0 Å². The van der Waals surface area contributed by atoms with Crippen LogP contribution in [0.25, 0.3) is 0 Å². The third-order valence-electron chi connectivity index (χ3n) is 3.62. The summed E-state index contributed by atoms with van der Waals surface area (Å²) in [5.41, 5.74) is 0. The van der Waals surface area contributed by atoms with E-state index in [0.29, 0.717) is 13.2 Å². The average molecular weight is 258 g/mol. The van der Waals surface area contributed by atoms with Crippen molar-refractivity contribution in [3.63, 3.8) is 0 Å². The van der Waals surface area contributed by atoms with Crippen molar-refractivity contribution in [3.05, 3.63) is 0 Å². The second kappa shape index (κ2) is 5.97. The zero-order valence-corrected chi connectivity index (χ0v) is 10.7. The summed E-state index contributed by atoms with van der Waals surface area (Å²) in [5, 5.41) is 22.3. The lowest BCUT2D eigenvalue weighted by Gasteiger charge is -2.23. The van der Waals surface area contributed by atoms with Crippen LogP contribution >= 0.6 is 0 Å². The number of hydrogen-bond donors (Lipinski definition) is 3. The second-order valence-corrected chi connectivity index (χ2v) is 5.08. The first-order valence-electron chi connectivity index (χ1n) is 6.59. The average Bonchev–Trinajstić information content (AvgIpc) is 2.94. The van der Waals surface area contributed by atoms with Gasteiger partial charge in [-0.1, -0.05) is 6.92 Å². The van der Waals surface area contributed by atoms with Gasteiger partial charge in [0.05, 0.1) is 31.3 Å². The molecule has 0 bridgehead atoms. The molecule has 18 heavy (non-hydrogen) atoms. The van der Waals surface area contributed by atoms with Gasteiger partial charge < -0.3 is 25.2 Å². The number of nitrogens with zero attached hydrogens (tertiary/aromatic N) is 1. The molecule has 0 aliphatic carbocycles. The predicted octanol–water partition coefficient (Wildman–Crippen LogP) is -1.43. The van der Waals surface area contributed by atoms with Crippen LogP contribution < -0.4 is 5.32 Å². The highest BCUT2D eigenvalue weighted by Crippen LogP contribution is 2.20. The van der Waals surface area contributed by atoms with Crippen LogP contribution in [0.4, 0.5) is 0 Å². The first-order valence-corrected chi connectivity index (χ1v) is 6.59. The van der Waals surface area contributed by atoms with Gasteiger partial charge in [-0.3, -0.25) is 4.79 Å². The smallest absolute Gasteiger partial charge is 0.229 e. The Hall–Kier alpha value is -0.690. The number of likely N-dealkylation sites (tertiary alicyclic amines) is 1. The minimum atomic E-state index is -0.821. The molecule has 2 aliphatic rings. The second-order valence-electron chi connectivity index (χ2n) is 5.08. The topological polar surface area (TPSA) is 82.0 Å². The Morgan fingerprint density at radius 3 is 2.61 bits per heavy atom. The van der Waals surface area contributed by atoms with E-state index in [1.165, 1.54) is 4.90 Å². The summed E-state index contributed by atoms with van der Waals surface area (Å²) in [4.78, 5) is 13.8. The van der Waals surface area contributed by atoms with Crippen LogP contribution in [0.5, 0.6) is 0 Å². The number of aliphatic hydroxyl groups excluding tert-OH is 2. The molecule has 2 saturated heterocycles. The number of β-amino-alcohol motifs (C(OH)–C–C–N with tert-alkyl or cyclic N) is 2. The SMILES string of the molecule is CCCNC1COCC1C(=O)N1C[C@@H](O)[C@@H](O)C1. The summed E-state index contributed by atoms with van der Waals surface area (Å²) >= 11 is 0. The van der Waals surface area contributed by atoms with E-state index in [1.807, 2.05) is 0 Å². The number of aliphatic hydroxyl groups is 2. The summed E-state index contributed by atoms with van der Waals surface area (Å²) < 4.78 is 5.37. The fourth-order valence-electron chi connectivity index (χ4n) is 2.51. The largest absolute Gasteiger partial charge is 0.388 e. The van der Waals surface area contributed by atoms with Gasteiger partial charge in [0.25, 0.3) is 0 Å². The van der Waals surface area contributed by atoms with Crippen LogP contribution in [-0.4, -0.2) is 72.1 Å². The summed E-state index contributed by atoms with van der Waals surface area (Å²) in [6, 6.07) is 0.0485. The lowest BCUT2D eigenvalue weighted by molar-refractivity contribution is -0.135. The zero-order chi connectivity index (χ0) is 13.1. The van der Waals surface area contributed by atoms with Crippen LogP contribution in [0.2, 0.25) is 0 Å². The number of amides is 1. The van der Waals surface area contributed by atoms with E-state index >= 15 is 0 Å². The van der Waals surface area contributed by atoms with Crippen molar-refractivity contribution in [2.24, 2.45) is 5.92 Å². The van der Waals surface area contributed by atoms with Crippen molar-refractivity contribution in [1.82, 2.24) is 10.2 Å². The quantitative estimate of drug-likeness (QED) is 0.576. The van der Waals surface area contributed by atoms with Gasteiger partial charge in [-0.25, -0.2) is 0 Å². The fraction of sp³-hybridized carbons (Fsp3) is 0.917. The van der Waals surface area contributed by atoms with Crippen molar-refractivity contribution in [2.45, 2.75) is 31.6 Å². The van der Waals surface area contributed by atoms with E-state index < -0.39 is 12.2 Å². The minimum Gasteiger partial charge on any atom is -0.388 e. The first kappa shape index (κ1) is 13.7. The molecule has 104 valence electrons. The van der Waals surface area contributed by atoms with Gasteiger partial charge in [0, 0.05) is 19.1 Å². The number of nitrogens with one attached hydrogen (secondary N) is 1. The van der Waals surface area contributed by atoms with Gasteiger partial charge >= 0.3 is 0 Å². The molecular weight excluding hydrogens is 236 g/mol. The molecule has 0 saturated carbocycles. The van der Waals surface area contributed by atoms with Gasteiger partial charge in [-0.2, -0.15) is 0 Å². The van der Waals surface area contributed by atoms with E-state index in [0.717, 1.165) is 13.0 Å². The van der Waals surface area contributed by atoms with E-state index in [4.69, 9.17) is 4.74 Å². The fourth-order valence-corrected chi connectivity index (χ4v) is 2.51. The molecule has 0 aromatic heterocycles. The number of hydrogen-bond acceptors (Lipinski definition) is 5. The molecule has 2 unspecified atom stereocenters. The molecule has 0 radical (unpaired) electrons. The van der Waals surface area contributed by atoms with Gasteiger partial charge in [0.1, 0.15) is 0 Å². The van der Waals surface area contributed by atoms with Crippen molar-refractivity contribution >= 4 is 5.91 Å². The Morgan fingerprint density at radius 2 is 2.00 bits per heavy atom. The third-order valence-corrected chi connectivity index (χ3v) is 3.62. The van der Waals surface area contributed by atoms with Crippen LogP contribution in [0.15, 0.2) is 0 Å². The Kier molecular flexibility index (Phi) is 4.55. The predicted molar refractivity (Wildman–Crippen MR) is 65.0 cm³/mol. The number of carbonyl (C=O) groups is 1. The standard InChI is InChI=1S/C12H22N2O4/c1-2-3-13-9-7-18-6-8(9)12(17)14-4-10(15)11(16)5-14/h8-11,13,15-16H,2-7H2,1H3/t8?,9?,10-,11+. The van der Waals surface area contributed by atoms with E-state index in [1.54, 1.807) is 0 Å². The summed E-state index contributed by atoms with van der Waals surface area (Å²) in [6.45, 7) is 4.35. The van der Waals surface area contributed by atoms with E-state index in [-0.39, 0.29) is 31.0 Å². The van der Waals surface area contributed by atoms with Gasteiger partial charge in [-0.05, 0) is 13.0 Å². The van der Waals surface area contributed by atoms with Crippen molar-refractivity contribution in [3.8, 4) is 0 Å². The van der Waals surface area contributed by atoms with E-state index in [2.05, 4.69) is 12.2 Å². The van der Waals surface area contributed by atoms with Crippen LogP contribution in [0.1, 0.15) is 13.3 Å². The van der Waals surface area contributed by atoms with Crippen molar-refractivity contribution < 1.29 is 19.7 Å². The van der Waals surface area contributed by atoms with Crippen LogP contribution in [-0.2, 0) is 9.53 Å². The van der Waals surface area contributed by atoms with Crippen LogP contribution in [0, 0.1) is 5.92 Å². The molecule has 2 heterocycles. The van der Waals surface area contributed by atoms with Gasteiger partial charge in [0.15, 0.2) is 0 Å². The lowest BCUT2D eigenvalue weighted by atomic mass is 10.0. The normalized spacial score (nSPS) is 36.3. The van der Waals surface area contributed by atoms with Crippen molar-refractivity contribution in [2.75, 3.05) is 32.8 Å². The molecule has 2 fully saturated rings. The Labute approximate surface area is 107 Å². The Balaban J connectivity index is 1.91. The summed E-state index contributed by atoms with van der Waals surface area (Å²) in [5.74, 6) is -0.231. The summed E-state index contributed by atoms with van der Waals surface area (Å²) in [7, 11) is 0. The molecule has 6 nitrogen and oxygen atoms in total. The maximum atomic E-state index is 12.3. The maximum Gasteiger partial charge on any atom is 0.229 e. The Morgan fingerprint density at radius 1 is 1.33 bits per heavy atom. The summed E-state index contributed by atoms with van der Waals surface area (Å²) in [6.07, 6.45) is -0.630. The highest BCUT2D eigenvalue weighted by Gasteiger charge is 2.40. The molecule has 4 atom stereocenters. The number of rotatable bonds is 4. The first-order chi connectivity index (χ1) is 8.63. The maximum absolute atomic E-state index is 12.3. The van der Waals surface area contributed by atoms with Crippen LogP contribution in [0.3, 0.4) is 0 Å². The molecule has 2 rings (SSSR count). The molecule has 0 aromatic carbocycles. The molecule has 2 aliphatic heterocycles. The lowest BCUT2D eigenvalue weighted by Crippen LogP contribution is -2.45. The molecule has 3 N–H and O–H groups in total. The highest BCUT2D eigenvalue weighted by molar-refractivity contribution is 5.80. The zero-order valence-electron chi connectivity index (χ0n) is 10.7. The molecule has 1 amide bonds. The number of carbonyl (C=O) groups excluding carboxylic acids is 1. The van der Waals surface area contributed by atoms with Crippen molar-refractivity contribution in [1.29, 1.82) is 0 Å². The minimum absolute atomic E-state index is 0.0308. The van der Waals surface area contributed by atoms with Gasteiger partial charge in [0.2, 0.25) is 5.91 Å². The van der Waals surface area contributed by atoms with E-state index in [9.17, 15) is 15.0 Å². The number of ether oxygens (including phenoxy) is 1. The molecule has 0 aromatic rings. The Bertz CT molecular complexity index is 290. The molecule has 0 spiro atoms. The third kappa shape index (κ3) is 2.83. The molecular formula is C12H22N2O4.